The molecule has 0 radical (unpaired) electrons. The Bertz CT molecular complexity index is 932. The van der Waals surface area contributed by atoms with Gasteiger partial charge in [-0.05, 0) is 61.4 Å². The first-order valence-corrected chi connectivity index (χ1v) is 9.88. The molecule has 0 saturated heterocycles. The Morgan fingerprint density at radius 2 is 2.00 bits per heavy atom. The molecule has 0 unspecified atom stereocenters. The Hall–Kier alpha value is -2.89. The second-order valence-corrected chi connectivity index (χ2v) is 7.44. The topological polar surface area (TPSA) is 81.3 Å². The lowest BCUT2D eigenvalue weighted by atomic mass is 10.1. The highest BCUT2D eigenvalue weighted by Gasteiger charge is 2.19. The van der Waals surface area contributed by atoms with Gasteiger partial charge < -0.3 is 14.3 Å². The molecular weight excluding hydrogens is 354 g/mol. The van der Waals surface area contributed by atoms with E-state index in [-0.39, 0.29) is 0 Å². The molecule has 1 aromatic carbocycles. The number of pyridine rings is 1. The molecule has 6 nitrogen and oxygen atoms in total. The van der Waals surface area contributed by atoms with Gasteiger partial charge in [-0.15, -0.1) is 10.2 Å². The summed E-state index contributed by atoms with van der Waals surface area (Å²) in [6.45, 7) is 2.57. The van der Waals surface area contributed by atoms with Crippen molar-refractivity contribution < 1.29 is 14.3 Å². The molecule has 0 amide bonds. The molecule has 1 saturated carbocycles. The lowest BCUT2D eigenvalue weighted by Crippen LogP contribution is -2.09. The number of phenols is 1. The molecule has 1 aliphatic rings. The highest BCUT2D eigenvalue weighted by molar-refractivity contribution is 5.59. The third kappa shape index (κ3) is 4.32. The van der Waals surface area contributed by atoms with Gasteiger partial charge in [-0.1, -0.05) is 25.0 Å². The maximum atomic E-state index is 9.64. The van der Waals surface area contributed by atoms with E-state index >= 15 is 0 Å². The lowest BCUT2D eigenvalue weighted by Gasteiger charge is -2.12. The van der Waals surface area contributed by atoms with Gasteiger partial charge in [0, 0.05) is 12.6 Å². The van der Waals surface area contributed by atoms with Crippen LogP contribution in [0.25, 0.3) is 11.5 Å². The van der Waals surface area contributed by atoms with Crippen LogP contribution in [0.3, 0.4) is 0 Å². The van der Waals surface area contributed by atoms with Crippen LogP contribution < -0.4 is 4.74 Å². The van der Waals surface area contributed by atoms with Gasteiger partial charge in [-0.25, -0.2) is 4.98 Å². The average molecular weight is 379 g/mol. The standard InChI is InChI=1S/C22H25N3O3/c1-15-13-16(8-10-19(15)26)9-11-20-24-25-22(28-20)18-7-4-12-23-21(18)27-14-17-5-2-3-6-17/h4,7-8,10,12-13,17,26H,2-3,5-6,9,11,14H2,1H3. The van der Waals surface area contributed by atoms with Gasteiger partial charge >= 0.3 is 0 Å². The first-order valence-electron chi connectivity index (χ1n) is 9.88. The zero-order chi connectivity index (χ0) is 19.3. The quantitative estimate of drug-likeness (QED) is 0.651. The first-order chi connectivity index (χ1) is 13.7. The van der Waals surface area contributed by atoms with Gasteiger partial charge in [0.05, 0.1) is 6.61 Å². The van der Waals surface area contributed by atoms with E-state index in [1.54, 1.807) is 12.3 Å². The van der Waals surface area contributed by atoms with Gasteiger partial charge in [0.15, 0.2) is 0 Å². The summed E-state index contributed by atoms with van der Waals surface area (Å²) in [7, 11) is 0. The number of hydrogen-bond donors (Lipinski definition) is 1. The summed E-state index contributed by atoms with van der Waals surface area (Å²) in [5.74, 6) is 2.49. The van der Waals surface area contributed by atoms with Crippen molar-refractivity contribution in [3.63, 3.8) is 0 Å². The van der Waals surface area contributed by atoms with Crippen LogP contribution in [0, 0.1) is 12.8 Å². The Kier molecular flexibility index (Phi) is 5.55. The molecule has 6 heteroatoms. The minimum atomic E-state index is 0.311. The van der Waals surface area contributed by atoms with Crippen LogP contribution in [0.2, 0.25) is 0 Å². The summed E-state index contributed by atoms with van der Waals surface area (Å²) in [6.07, 6.45) is 8.15. The van der Waals surface area contributed by atoms with E-state index in [1.807, 2.05) is 31.2 Å². The van der Waals surface area contributed by atoms with Crippen molar-refractivity contribution in [3.05, 3.63) is 53.5 Å². The van der Waals surface area contributed by atoms with Crippen molar-refractivity contribution in [2.75, 3.05) is 6.61 Å². The van der Waals surface area contributed by atoms with Crippen LogP contribution in [-0.4, -0.2) is 26.9 Å². The van der Waals surface area contributed by atoms with E-state index in [0.29, 0.717) is 42.4 Å². The third-order valence-electron chi connectivity index (χ3n) is 5.29. The maximum Gasteiger partial charge on any atom is 0.253 e. The van der Waals surface area contributed by atoms with Crippen LogP contribution in [0.1, 0.15) is 42.7 Å². The normalized spacial score (nSPS) is 14.5. The predicted molar refractivity (Wildman–Crippen MR) is 105 cm³/mol. The molecule has 2 heterocycles. The zero-order valence-corrected chi connectivity index (χ0v) is 16.1. The second-order valence-electron chi connectivity index (χ2n) is 7.44. The molecule has 0 bridgehead atoms. The third-order valence-corrected chi connectivity index (χ3v) is 5.29. The van der Waals surface area contributed by atoms with Crippen LogP contribution in [-0.2, 0) is 12.8 Å². The lowest BCUT2D eigenvalue weighted by molar-refractivity contribution is 0.244. The van der Waals surface area contributed by atoms with Crippen molar-refractivity contribution in [2.24, 2.45) is 5.92 Å². The summed E-state index contributed by atoms with van der Waals surface area (Å²) in [5.41, 5.74) is 2.72. The maximum absolute atomic E-state index is 9.64. The predicted octanol–water partition coefficient (Wildman–Crippen LogP) is 4.50. The highest BCUT2D eigenvalue weighted by atomic mass is 16.5. The van der Waals surface area contributed by atoms with Crippen LogP contribution in [0.15, 0.2) is 40.9 Å². The molecule has 28 heavy (non-hydrogen) atoms. The Morgan fingerprint density at radius 1 is 1.14 bits per heavy atom. The van der Waals surface area contributed by atoms with Gasteiger partial charge in [-0.3, -0.25) is 0 Å². The molecule has 3 aromatic rings. The van der Waals surface area contributed by atoms with Gasteiger partial charge in [-0.2, -0.15) is 0 Å². The van der Waals surface area contributed by atoms with E-state index in [0.717, 1.165) is 23.1 Å². The number of benzene rings is 1. The number of aryl methyl sites for hydroxylation is 3. The fourth-order valence-electron chi connectivity index (χ4n) is 3.63. The fourth-order valence-corrected chi connectivity index (χ4v) is 3.63. The van der Waals surface area contributed by atoms with Gasteiger partial charge in [0.2, 0.25) is 11.8 Å². The first kappa shape index (κ1) is 18.5. The molecule has 1 aliphatic carbocycles. The van der Waals surface area contributed by atoms with E-state index in [9.17, 15) is 5.11 Å². The average Bonchev–Trinajstić information content (AvgIpc) is 3.39. The van der Waals surface area contributed by atoms with Crippen molar-refractivity contribution in [3.8, 4) is 23.1 Å². The molecule has 146 valence electrons. The smallest absolute Gasteiger partial charge is 0.253 e. The van der Waals surface area contributed by atoms with Crippen LogP contribution >= 0.6 is 0 Å². The number of ether oxygens (including phenoxy) is 1. The van der Waals surface area contributed by atoms with Crippen LogP contribution in [0.4, 0.5) is 0 Å². The summed E-state index contributed by atoms with van der Waals surface area (Å²) in [4.78, 5) is 4.36. The Morgan fingerprint density at radius 3 is 2.82 bits per heavy atom. The Balaban J connectivity index is 1.42. The van der Waals surface area contributed by atoms with E-state index < -0.39 is 0 Å². The second kappa shape index (κ2) is 8.42. The monoisotopic (exact) mass is 379 g/mol. The van der Waals surface area contributed by atoms with Gasteiger partial charge in [0.25, 0.3) is 5.89 Å². The summed E-state index contributed by atoms with van der Waals surface area (Å²) >= 11 is 0. The Labute approximate surface area is 164 Å². The summed E-state index contributed by atoms with van der Waals surface area (Å²) in [6, 6.07) is 9.35. The van der Waals surface area contributed by atoms with Crippen molar-refractivity contribution in [1.29, 1.82) is 0 Å². The molecule has 1 fully saturated rings. The number of rotatable bonds is 7. The van der Waals surface area contributed by atoms with Crippen molar-refractivity contribution in [2.45, 2.75) is 45.4 Å². The van der Waals surface area contributed by atoms with E-state index in [2.05, 4.69) is 15.2 Å². The minimum absolute atomic E-state index is 0.311. The fraction of sp³-hybridized carbons (Fsp3) is 0.409. The molecular formula is C22H25N3O3. The number of nitrogens with zero attached hydrogens (tertiary/aromatic N) is 3. The highest BCUT2D eigenvalue weighted by Crippen LogP contribution is 2.30. The SMILES string of the molecule is Cc1cc(CCc2nnc(-c3cccnc3OCC3CCCC3)o2)ccc1O. The molecule has 2 aromatic heterocycles. The molecule has 0 aliphatic heterocycles. The number of phenolic OH excluding ortho intramolecular Hbond substituents is 1. The van der Waals surface area contributed by atoms with E-state index in [1.165, 1.54) is 25.7 Å². The minimum Gasteiger partial charge on any atom is -0.508 e. The molecule has 4 rings (SSSR count). The van der Waals surface area contributed by atoms with E-state index in [4.69, 9.17) is 9.15 Å². The van der Waals surface area contributed by atoms with Crippen LogP contribution in [0.5, 0.6) is 11.6 Å². The number of aromatic hydroxyl groups is 1. The largest absolute Gasteiger partial charge is 0.508 e. The number of aromatic nitrogens is 3. The molecule has 0 spiro atoms. The summed E-state index contributed by atoms with van der Waals surface area (Å²) < 4.78 is 11.8. The van der Waals surface area contributed by atoms with Gasteiger partial charge in [0.1, 0.15) is 11.3 Å². The summed E-state index contributed by atoms with van der Waals surface area (Å²) in [5, 5.41) is 18.0. The zero-order valence-electron chi connectivity index (χ0n) is 16.1. The number of hydrogen-bond acceptors (Lipinski definition) is 6. The van der Waals surface area contributed by atoms with Crippen molar-refractivity contribution >= 4 is 0 Å². The molecule has 1 N–H and O–H groups in total. The van der Waals surface area contributed by atoms with Crippen molar-refractivity contribution in [1.82, 2.24) is 15.2 Å². The molecule has 0 atom stereocenters.